The van der Waals surface area contributed by atoms with Crippen LogP contribution in [0, 0.1) is 0 Å². The number of carbonyl (C=O) groups is 1. The van der Waals surface area contributed by atoms with Crippen molar-refractivity contribution in [1.82, 2.24) is 20.4 Å². The lowest BCUT2D eigenvalue weighted by Gasteiger charge is -2.05. The number of carbonyl (C=O) groups excluding carboxylic acids is 1. The van der Waals surface area contributed by atoms with Gasteiger partial charge in [-0.3, -0.25) is 9.48 Å². The Morgan fingerprint density at radius 3 is 3.07 bits per heavy atom. The molecule has 1 saturated carbocycles. The fraction of sp³-hybridized carbons (Fsp3) is 0.600. The number of hydrogen-bond donors (Lipinski definition) is 2. The SMILES string of the molecule is Cn1nccc1CNCC(=O)NC1CC1. The molecule has 0 spiro atoms. The number of aromatic nitrogens is 2. The van der Waals surface area contributed by atoms with Crippen LogP contribution in [0.4, 0.5) is 0 Å². The van der Waals surface area contributed by atoms with Crippen LogP contribution >= 0.6 is 0 Å². The van der Waals surface area contributed by atoms with E-state index in [-0.39, 0.29) is 5.91 Å². The predicted molar refractivity (Wildman–Crippen MR) is 56.1 cm³/mol. The van der Waals surface area contributed by atoms with Crippen molar-refractivity contribution < 1.29 is 4.79 Å². The van der Waals surface area contributed by atoms with Crippen molar-refractivity contribution in [3.63, 3.8) is 0 Å². The molecule has 5 heteroatoms. The molecular weight excluding hydrogens is 192 g/mol. The highest BCUT2D eigenvalue weighted by atomic mass is 16.2. The lowest BCUT2D eigenvalue weighted by Crippen LogP contribution is -2.35. The Labute approximate surface area is 88.8 Å². The number of amides is 1. The Morgan fingerprint density at radius 2 is 2.47 bits per heavy atom. The molecule has 0 unspecified atom stereocenters. The van der Waals surface area contributed by atoms with E-state index in [9.17, 15) is 4.79 Å². The van der Waals surface area contributed by atoms with Crippen LogP contribution in [-0.4, -0.2) is 28.3 Å². The fourth-order valence-electron chi connectivity index (χ4n) is 1.39. The Kier molecular flexibility index (Phi) is 3.01. The molecular formula is C10H16N4O. The standard InChI is InChI=1S/C10H16N4O/c1-14-9(4-5-12-14)6-11-7-10(15)13-8-2-3-8/h4-5,8,11H,2-3,6-7H2,1H3,(H,13,15). The molecule has 1 aromatic rings. The van der Waals surface area contributed by atoms with Crippen molar-refractivity contribution in [3.05, 3.63) is 18.0 Å². The van der Waals surface area contributed by atoms with Gasteiger partial charge in [0.05, 0.1) is 12.2 Å². The molecule has 82 valence electrons. The lowest BCUT2D eigenvalue weighted by molar-refractivity contribution is -0.120. The minimum absolute atomic E-state index is 0.0830. The molecule has 0 aromatic carbocycles. The van der Waals surface area contributed by atoms with Gasteiger partial charge in [0.1, 0.15) is 0 Å². The maximum Gasteiger partial charge on any atom is 0.234 e. The summed E-state index contributed by atoms with van der Waals surface area (Å²) >= 11 is 0. The Hall–Kier alpha value is -1.36. The molecule has 0 radical (unpaired) electrons. The van der Waals surface area contributed by atoms with Gasteiger partial charge in [-0.2, -0.15) is 5.10 Å². The van der Waals surface area contributed by atoms with Gasteiger partial charge in [-0.25, -0.2) is 0 Å². The van der Waals surface area contributed by atoms with E-state index < -0.39 is 0 Å². The highest BCUT2D eigenvalue weighted by Crippen LogP contribution is 2.18. The highest BCUT2D eigenvalue weighted by Gasteiger charge is 2.22. The summed E-state index contributed by atoms with van der Waals surface area (Å²) in [5.74, 6) is 0.0830. The van der Waals surface area contributed by atoms with Crippen LogP contribution in [-0.2, 0) is 18.4 Å². The molecule has 1 aliphatic carbocycles. The quantitative estimate of drug-likeness (QED) is 0.704. The van der Waals surface area contributed by atoms with Crippen molar-refractivity contribution >= 4 is 5.91 Å². The smallest absolute Gasteiger partial charge is 0.234 e. The lowest BCUT2D eigenvalue weighted by atomic mass is 10.4. The third-order valence-electron chi connectivity index (χ3n) is 2.46. The molecule has 0 atom stereocenters. The summed E-state index contributed by atoms with van der Waals surface area (Å²) in [6, 6.07) is 2.38. The van der Waals surface area contributed by atoms with E-state index in [1.807, 2.05) is 13.1 Å². The summed E-state index contributed by atoms with van der Waals surface area (Å²) in [7, 11) is 1.89. The summed E-state index contributed by atoms with van der Waals surface area (Å²) < 4.78 is 1.80. The Bertz CT molecular complexity index is 343. The average Bonchev–Trinajstić information content (AvgIpc) is 2.91. The fourth-order valence-corrected chi connectivity index (χ4v) is 1.39. The third-order valence-corrected chi connectivity index (χ3v) is 2.46. The van der Waals surface area contributed by atoms with Crippen LogP contribution in [0.15, 0.2) is 12.3 Å². The molecule has 2 rings (SSSR count). The van der Waals surface area contributed by atoms with Crippen LogP contribution in [0.3, 0.4) is 0 Å². The van der Waals surface area contributed by atoms with Gasteiger partial charge >= 0.3 is 0 Å². The van der Waals surface area contributed by atoms with Crippen LogP contribution in [0.25, 0.3) is 0 Å². The van der Waals surface area contributed by atoms with E-state index in [0.717, 1.165) is 18.5 Å². The van der Waals surface area contributed by atoms with Crippen LogP contribution in [0.5, 0.6) is 0 Å². The summed E-state index contributed by atoms with van der Waals surface area (Å²) in [4.78, 5) is 11.3. The molecule has 2 N–H and O–H groups in total. The molecule has 1 aromatic heterocycles. The average molecular weight is 208 g/mol. The zero-order valence-electron chi connectivity index (χ0n) is 8.86. The molecule has 1 heterocycles. The minimum Gasteiger partial charge on any atom is -0.352 e. The highest BCUT2D eigenvalue weighted by molar-refractivity contribution is 5.78. The number of aryl methyl sites for hydroxylation is 1. The van der Waals surface area contributed by atoms with Crippen molar-refractivity contribution in [3.8, 4) is 0 Å². The van der Waals surface area contributed by atoms with E-state index in [4.69, 9.17) is 0 Å². The second kappa shape index (κ2) is 4.44. The minimum atomic E-state index is 0.0830. The van der Waals surface area contributed by atoms with E-state index in [1.54, 1.807) is 10.9 Å². The van der Waals surface area contributed by atoms with Crippen molar-refractivity contribution in [2.24, 2.45) is 7.05 Å². The van der Waals surface area contributed by atoms with Gasteiger partial charge in [0.15, 0.2) is 0 Å². The number of hydrogen-bond acceptors (Lipinski definition) is 3. The largest absolute Gasteiger partial charge is 0.352 e. The molecule has 1 aliphatic rings. The van der Waals surface area contributed by atoms with Crippen molar-refractivity contribution in [2.75, 3.05) is 6.54 Å². The molecule has 0 aliphatic heterocycles. The summed E-state index contributed by atoms with van der Waals surface area (Å²) in [5, 5.41) is 10.1. The molecule has 0 saturated heterocycles. The Balaban J connectivity index is 1.65. The van der Waals surface area contributed by atoms with E-state index >= 15 is 0 Å². The van der Waals surface area contributed by atoms with Gasteiger partial charge < -0.3 is 10.6 Å². The van der Waals surface area contributed by atoms with Crippen LogP contribution < -0.4 is 10.6 Å². The molecule has 0 bridgehead atoms. The van der Waals surface area contributed by atoms with Gasteiger partial charge in [-0.15, -0.1) is 0 Å². The van der Waals surface area contributed by atoms with Crippen molar-refractivity contribution in [1.29, 1.82) is 0 Å². The monoisotopic (exact) mass is 208 g/mol. The number of nitrogens with one attached hydrogen (secondary N) is 2. The van der Waals surface area contributed by atoms with Gasteiger partial charge in [-0.1, -0.05) is 0 Å². The Morgan fingerprint density at radius 1 is 1.67 bits per heavy atom. The summed E-state index contributed by atoms with van der Waals surface area (Å²) in [6.07, 6.45) is 4.02. The third kappa shape index (κ3) is 3.06. The van der Waals surface area contributed by atoms with E-state index in [0.29, 0.717) is 19.1 Å². The van der Waals surface area contributed by atoms with Crippen LogP contribution in [0.1, 0.15) is 18.5 Å². The zero-order valence-corrected chi connectivity index (χ0v) is 8.86. The topological polar surface area (TPSA) is 59.0 Å². The van der Waals surface area contributed by atoms with E-state index in [1.165, 1.54) is 0 Å². The zero-order chi connectivity index (χ0) is 10.7. The van der Waals surface area contributed by atoms with Gasteiger partial charge in [0.25, 0.3) is 0 Å². The van der Waals surface area contributed by atoms with E-state index in [2.05, 4.69) is 15.7 Å². The molecule has 1 amide bonds. The maximum atomic E-state index is 11.3. The maximum absolute atomic E-state index is 11.3. The predicted octanol–water partition coefficient (Wildman–Crippen LogP) is -0.212. The first-order valence-electron chi connectivity index (χ1n) is 5.22. The second-order valence-corrected chi connectivity index (χ2v) is 3.89. The number of rotatable bonds is 5. The second-order valence-electron chi connectivity index (χ2n) is 3.89. The van der Waals surface area contributed by atoms with Gasteiger partial charge in [0.2, 0.25) is 5.91 Å². The van der Waals surface area contributed by atoms with Crippen LogP contribution in [0.2, 0.25) is 0 Å². The van der Waals surface area contributed by atoms with Crippen molar-refractivity contribution in [2.45, 2.75) is 25.4 Å². The summed E-state index contributed by atoms with van der Waals surface area (Å²) in [5.41, 5.74) is 1.08. The number of nitrogens with zero attached hydrogens (tertiary/aromatic N) is 2. The van der Waals surface area contributed by atoms with Gasteiger partial charge in [-0.05, 0) is 18.9 Å². The first kappa shape index (κ1) is 10.2. The molecule has 5 nitrogen and oxygen atoms in total. The molecule has 1 fully saturated rings. The van der Waals surface area contributed by atoms with Gasteiger partial charge in [0, 0.05) is 25.8 Å². The molecule has 15 heavy (non-hydrogen) atoms. The summed E-state index contributed by atoms with van der Waals surface area (Å²) in [6.45, 7) is 1.05. The first-order chi connectivity index (χ1) is 7.25. The first-order valence-corrected chi connectivity index (χ1v) is 5.22. The normalized spacial score (nSPS) is 15.3.